The Balaban J connectivity index is 1.40. The van der Waals surface area contributed by atoms with Crippen LogP contribution in [-0.4, -0.2) is 29.2 Å². The lowest BCUT2D eigenvalue weighted by Gasteiger charge is -2.26. The van der Waals surface area contributed by atoms with Gasteiger partial charge in [0.1, 0.15) is 5.57 Å². The number of hydrogen-bond acceptors (Lipinski definition) is 5. The molecule has 0 atom stereocenters. The van der Waals surface area contributed by atoms with Gasteiger partial charge in [0.05, 0.1) is 5.69 Å². The van der Waals surface area contributed by atoms with E-state index in [0.717, 1.165) is 21.4 Å². The predicted octanol–water partition coefficient (Wildman–Crippen LogP) is 4.74. The average Bonchev–Trinajstić information content (AvgIpc) is 3.47. The smallest absolute Gasteiger partial charge is 0.335 e. The highest BCUT2D eigenvalue weighted by atomic mass is 35.5. The van der Waals surface area contributed by atoms with Gasteiger partial charge in [-0.3, -0.25) is 14.9 Å². The molecule has 1 fully saturated rings. The molecule has 0 unspecified atom stereocenters. The van der Waals surface area contributed by atoms with E-state index in [2.05, 4.69) is 5.32 Å². The lowest BCUT2D eigenvalue weighted by atomic mass is 10.1. The second-order valence-electron chi connectivity index (χ2n) is 8.32. The van der Waals surface area contributed by atoms with Crippen LogP contribution in [0.3, 0.4) is 0 Å². The number of barbiturate groups is 1. The van der Waals surface area contributed by atoms with Crippen LogP contribution in [0.5, 0.6) is 11.5 Å². The van der Waals surface area contributed by atoms with Gasteiger partial charge >= 0.3 is 6.03 Å². The zero-order chi connectivity index (χ0) is 24.8. The largest absolute Gasteiger partial charge is 0.454 e. The summed E-state index contributed by atoms with van der Waals surface area (Å²) in [5.41, 5.74) is 2.62. The lowest BCUT2D eigenvalue weighted by molar-refractivity contribution is -0.122. The maximum absolute atomic E-state index is 13.4. The monoisotopic (exact) mass is 499 g/mol. The zero-order valence-electron chi connectivity index (χ0n) is 18.7. The number of hydrogen-bond donors (Lipinski definition) is 1. The second kappa shape index (κ2) is 8.58. The van der Waals surface area contributed by atoms with Gasteiger partial charge in [0.25, 0.3) is 11.8 Å². The molecule has 2 aliphatic rings. The summed E-state index contributed by atoms with van der Waals surface area (Å²) in [4.78, 5) is 39.7. The summed E-state index contributed by atoms with van der Waals surface area (Å²) in [6.45, 7) is 0.562. The summed E-state index contributed by atoms with van der Waals surface area (Å²) in [6, 6.07) is 19.1. The Bertz CT molecular complexity index is 1610. The van der Waals surface area contributed by atoms with Crippen molar-refractivity contribution in [2.75, 3.05) is 11.7 Å². The molecule has 0 radical (unpaired) electrons. The van der Waals surface area contributed by atoms with Crippen molar-refractivity contribution in [3.63, 3.8) is 0 Å². The fourth-order valence-electron chi connectivity index (χ4n) is 4.40. The van der Waals surface area contributed by atoms with Gasteiger partial charge in [0, 0.05) is 40.3 Å². The van der Waals surface area contributed by atoms with Crippen molar-refractivity contribution in [2.45, 2.75) is 6.54 Å². The van der Waals surface area contributed by atoms with Crippen molar-refractivity contribution in [1.29, 1.82) is 0 Å². The number of benzene rings is 3. The van der Waals surface area contributed by atoms with Crippen molar-refractivity contribution in [3.8, 4) is 11.5 Å². The van der Waals surface area contributed by atoms with Gasteiger partial charge in [-0.15, -0.1) is 0 Å². The number of carbonyl (C=O) groups is 3. The molecule has 4 aromatic rings. The first-order valence-electron chi connectivity index (χ1n) is 11.1. The molecule has 0 bridgehead atoms. The zero-order valence-corrected chi connectivity index (χ0v) is 19.5. The van der Waals surface area contributed by atoms with Crippen LogP contribution in [0.4, 0.5) is 10.5 Å². The van der Waals surface area contributed by atoms with E-state index in [1.54, 1.807) is 12.1 Å². The number of anilines is 1. The quantitative estimate of drug-likeness (QED) is 0.323. The Labute approximate surface area is 210 Å². The van der Waals surface area contributed by atoms with Crippen LogP contribution in [0.1, 0.15) is 11.1 Å². The number of urea groups is 1. The fraction of sp³-hybridized carbons (Fsp3) is 0.0741. The van der Waals surface area contributed by atoms with E-state index in [4.69, 9.17) is 21.1 Å². The number of para-hydroxylation sites is 1. The first-order valence-corrected chi connectivity index (χ1v) is 11.5. The Hall–Kier alpha value is -4.56. The topological polar surface area (TPSA) is 89.9 Å². The van der Waals surface area contributed by atoms with Crippen LogP contribution < -0.4 is 19.7 Å². The van der Waals surface area contributed by atoms with Crippen LogP contribution in [0.2, 0.25) is 5.02 Å². The third kappa shape index (κ3) is 3.68. The molecule has 8 nitrogen and oxygen atoms in total. The van der Waals surface area contributed by atoms with Gasteiger partial charge in [-0.2, -0.15) is 0 Å². The van der Waals surface area contributed by atoms with Crippen molar-refractivity contribution in [1.82, 2.24) is 9.88 Å². The molecule has 3 heterocycles. The number of amides is 4. The Kier molecular flexibility index (Phi) is 5.23. The maximum Gasteiger partial charge on any atom is 0.335 e. The van der Waals surface area contributed by atoms with Crippen molar-refractivity contribution >= 4 is 52.1 Å². The molecule has 0 aliphatic carbocycles. The Morgan fingerprint density at radius 1 is 0.944 bits per heavy atom. The summed E-state index contributed by atoms with van der Waals surface area (Å²) < 4.78 is 12.7. The Morgan fingerprint density at radius 3 is 2.58 bits per heavy atom. The van der Waals surface area contributed by atoms with Gasteiger partial charge in [-0.1, -0.05) is 48.0 Å². The van der Waals surface area contributed by atoms with Gasteiger partial charge in [-0.05, 0) is 35.9 Å². The van der Waals surface area contributed by atoms with Crippen LogP contribution >= 0.6 is 11.6 Å². The minimum absolute atomic E-state index is 0.0564. The minimum Gasteiger partial charge on any atom is -0.454 e. The summed E-state index contributed by atoms with van der Waals surface area (Å²) >= 11 is 6.37. The summed E-state index contributed by atoms with van der Waals surface area (Å²) in [5.74, 6) is -0.560. The first kappa shape index (κ1) is 21.9. The van der Waals surface area contributed by atoms with E-state index >= 15 is 0 Å². The predicted molar refractivity (Wildman–Crippen MR) is 134 cm³/mol. The van der Waals surface area contributed by atoms with E-state index in [1.165, 1.54) is 12.1 Å². The number of carbonyl (C=O) groups excluding carboxylic acids is 3. The number of fused-ring (bicyclic) bond motifs is 2. The number of nitrogens with zero attached hydrogens (tertiary/aromatic N) is 2. The molecule has 1 N–H and O–H groups in total. The third-order valence-electron chi connectivity index (χ3n) is 6.13. The number of rotatable bonds is 4. The Morgan fingerprint density at radius 2 is 1.72 bits per heavy atom. The molecule has 2 aliphatic heterocycles. The third-order valence-corrected chi connectivity index (χ3v) is 6.50. The molecule has 36 heavy (non-hydrogen) atoms. The standard InChI is InChI=1S/C27H18ClN3O5/c28-21-7-3-1-5-16(21)13-30-14-17(19-6-2-4-8-22(19)30)11-20-25(32)29-27(34)31(26(20)33)18-9-10-23-24(12-18)36-15-35-23/h1-12,14H,13,15H2,(H,29,32,34)/b20-11-. The molecule has 4 amide bonds. The van der Waals surface area contributed by atoms with E-state index < -0.39 is 17.8 Å². The molecule has 0 saturated carbocycles. The van der Waals surface area contributed by atoms with Crippen molar-refractivity contribution < 1.29 is 23.9 Å². The van der Waals surface area contributed by atoms with E-state index in [-0.39, 0.29) is 18.1 Å². The molecule has 1 aromatic heterocycles. The molecular formula is C27H18ClN3O5. The van der Waals surface area contributed by atoms with Crippen LogP contribution in [0.25, 0.3) is 17.0 Å². The average molecular weight is 500 g/mol. The number of nitrogens with one attached hydrogen (secondary N) is 1. The van der Waals surface area contributed by atoms with E-state index in [1.807, 2.05) is 59.3 Å². The summed E-state index contributed by atoms with van der Waals surface area (Å²) in [7, 11) is 0. The van der Waals surface area contributed by atoms with Crippen LogP contribution in [-0.2, 0) is 16.1 Å². The van der Waals surface area contributed by atoms with Gasteiger partial charge in [0.2, 0.25) is 6.79 Å². The molecule has 178 valence electrons. The molecule has 3 aromatic carbocycles. The fourth-order valence-corrected chi connectivity index (χ4v) is 4.60. The summed E-state index contributed by atoms with van der Waals surface area (Å²) in [6.07, 6.45) is 3.37. The normalized spacial score (nSPS) is 16.2. The highest BCUT2D eigenvalue weighted by molar-refractivity contribution is 6.39. The van der Waals surface area contributed by atoms with Crippen LogP contribution in [0, 0.1) is 0 Å². The molecule has 6 rings (SSSR count). The number of ether oxygens (including phenoxy) is 2. The van der Waals surface area contributed by atoms with Crippen molar-refractivity contribution in [3.05, 3.63) is 94.6 Å². The molecule has 1 saturated heterocycles. The maximum atomic E-state index is 13.4. The molecule has 0 spiro atoms. The SMILES string of the molecule is O=C1NC(=O)N(c2ccc3c(c2)OCO3)C(=O)/C1=C\c1cn(Cc2ccccc2Cl)c2ccccc12. The van der Waals surface area contributed by atoms with Gasteiger partial charge < -0.3 is 14.0 Å². The van der Waals surface area contributed by atoms with E-state index in [9.17, 15) is 14.4 Å². The lowest BCUT2D eigenvalue weighted by Crippen LogP contribution is -2.54. The van der Waals surface area contributed by atoms with Crippen LogP contribution in [0.15, 0.2) is 78.5 Å². The minimum atomic E-state index is -0.831. The molecule has 9 heteroatoms. The number of imide groups is 2. The van der Waals surface area contributed by atoms with Crippen molar-refractivity contribution in [2.24, 2.45) is 0 Å². The second-order valence-corrected chi connectivity index (χ2v) is 8.72. The first-order chi connectivity index (χ1) is 17.5. The molecular weight excluding hydrogens is 482 g/mol. The highest BCUT2D eigenvalue weighted by Crippen LogP contribution is 2.36. The number of aromatic nitrogens is 1. The van der Waals surface area contributed by atoms with E-state index in [0.29, 0.717) is 28.6 Å². The van der Waals surface area contributed by atoms with Gasteiger partial charge in [-0.25, -0.2) is 9.69 Å². The van der Waals surface area contributed by atoms with Gasteiger partial charge in [0.15, 0.2) is 11.5 Å². The summed E-state index contributed by atoms with van der Waals surface area (Å²) in [5, 5.41) is 3.76. The highest BCUT2D eigenvalue weighted by Gasteiger charge is 2.37. The number of halogens is 1.